The van der Waals surface area contributed by atoms with E-state index in [2.05, 4.69) is 4.99 Å². The molecule has 5 aromatic rings. The number of benzene rings is 3. The number of carbonyl (C=O) groups excluding carboxylic acids is 1. The molecule has 2 aromatic heterocycles. The van der Waals surface area contributed by atoms with Crippen LogP contribution in [0.1, 0.15) is 31.2 Å². The van der Waals surface area contributed by atoms with Crippen molar-refractivity contribution in [3.8, 4) is 17.1 Å². The molecule has 204 valence electrons. The number of ether oxygens (including phenoxy) is 1. The maximum atomic E-state index is 14.0. The molecule has 1 atom stereocenters. The van der Waals surface area contributed by atoms with Crippen LogP contribution in [-0.4, -0.2) is 22.4 Å². The number of rotatable bonds is 6. The van der Waals surface area contributed by atoms with Crippen molar-refractivity contribution < 1.29 is 18.9 Å². The number of ketones is 1. The number of Topliss-reactive ketones (excluding diaryl/α,β-unsaturated/α-hetero) is 1. The van der Waals surface area contributed by atoms with E-state index in [0.717, 1.165) is 10.8 Å². The van der Waals surface area contributed by atoms with Crippen molar-refractivity contribution >= 4 is 39.7 Å². The van der Waals surface area contributed by atoms with E-state index in [9.17, 15) is 19.7 Å². The molecular formula is C31H23N3O6S. The molecule has 9 nitrogen and oxygen atoms in total. The first-order valence-electron chi connectivity index (χ1n) is 12.7. The maximum absolute atomic E-state index is 14.0. The number of hydrogen-bond acceptors (Lipinski definition) is 8. The number of nitrogens with zero attached hydrogens (tertiary/aromatic N) is 3. The van der Waals surface area contributed by atoms with E-state index in [1.165, 1.54) is 30.4 Å². The first-order chi connectivity index (χ1) is 19.8. The van der Waals surface area contributed by atoms with Gasteiger partial charge in [-0.05, 0) is 42.8 Å². The maximum Gasteiger partial charge on any atom is 0.271 e. The molecule has 0 saturated carbocycles. The summed E-state index contributed by atoms with van der Waals surface area (Å²) in [5.74, 6) is 1.21. The molecular weight excluding hydrogens is 542 g/mol. The highest BCUT2D eigenvalue weighted by Gasteiger charge is 2.33. The normalized spacial score (nSPS) is 15.1. The lowest BCUT2D eigenvalue weighted by Crippen LogP contribution is -2.39. The zero-order valence-corrected chi connectivity index (χ0v) is 23.1. The van der Waals surface area contributed by atoms with Gasteiger partial charge in [0.2, 0.25) is 0 Å². The zero-order chi connectivity index (χ0) is 28.8. The fraction of sp³-hybridized carbons (Fsp3) is 0.129. The molecule has 0 radical (unpaired) electrons. The van der Waals surface area contributed by atoms with Crippen LogP contribution in [0.25, 0.3) is 28.2 Å². The van der Waals surface area contributed by atoms with E-state index in [1.807, 2.05) is 36.4 Å². The fourth-order valence-corrected chi connectivity index (χ4v) is 6.29. The third-order valence-corrected chi connectivity index (χ3v) is 8.05. The van der Waals surface area contributed by atoms with Gasteiger partial charge in [0.15, 0.2) is 10.6 Å². The number of hydrogen-bond donors (Lipinski definition) is 0. The Morgan fingerprint density at radius 2 is 1.93 bits per heavy atom. The minimum absolute atomic E-state index is 0.0470. The summed E-state index contributed by atoms with van der Waals surface area (Å²) >= 11 is 1.20. The highest BCUT2D eigenvalue weighted by atomic mass is 32.1. The van der Waals surface area contributed by atoms with E-state index in [0.29, 0.717) is 49.0 Å². The van der Waals surface area contributed by atoms with Gasteiger partial charge in [-0.15, -0.1) is 0 Å². The summed E-state index contributed by atoms with van der Waals surface area (Å²) in [6.45, 7) is 3.25. The second kappa shape index (κ2) is 10.1. The van der Waals surface area contributed by atoms with Crippen LogP contribution in [0.2, 0.25) is 0 Å². The van der Waals surface area contributed by atoms with Crippen LogP contribution in [0.4, 0.5) is 5.69 Å². The number of fused-ring (bicyclic) bond motifs is 2. The molecule has 10 heteroatoms. The standard InChI is InChI=1S/C31H23N3O6S/c1-17-27(18(2)35)29(28-23-10-5-4-7-19(23)11-13-25(28)39-3)33-30(36)26(41-31(33)32-17)16-22-12-14-24(40-22)20-8-6-9-21(15-20)34(37)38/h4-16,29H,1-3H3/b26-16+. The van der Waals surface area contributed by atoms with Crippen molar-refractivity contribution in [3.63, 3.8) is 0 Å². The predicted octanol–water partition coefficient (Wildman–Crippen LogP) is 5.15. The monoisotopic (exact) mass is 565 g/mol. The van der Waals surface area contributed by atoms with Crippen LogP contribution in [0, 0.1) is 10.1 Å². The second-order valence-electron chi connectivity index (χ2n) is 9.55. The van der Waals surface area contributed by atoms with Gasteiger partial charge in [0.05, 0.1) is 22.6 Å². The van der Waals surface area contributed by atoms with Crippen LogP contribution in [-0.2, 0) is 4.79 Å². The SMILES string of the molecule is COc1ccc2ccccc2c1C1C(C(C)=O)=C(C)N=c2s/c(=C/c3ccc(-c4cccc([N+](=O)[O-])c4)o3)c(=O)n21. The molecule has 3 heterocycles. The van der Waals surface area contributed by atoms with Crippen molar-refractivity contribution in [1.29, 1.82) is 0 Å². The number of thiazole rings is 1. The summed E-state index contributed by atoms with van der Waals surface area (Å²) in [6.07, 6.45) is 1.62. The van der Waals surface area contributed by atoms with Gasteiger partial charge < -0.3 is 9.15 Å². The van der Waals surface area contributed by atoms with E-state index >= 15 is 0 Å². The van der Waals surface area contributed by atoms with Crippen LogP contribution in [0.5, 0.6) is 5.75 Å². The number of nitro groups is 1. The van der Waals surface area contributed by atoms with Crippen molar-refractivity contribution in [2.75, 3.05) is 7.11 Å². The van der Waals surface area contributed by atoms with Crippen LogP contribution in [0.15, 0.2) is 98.3 Å². The number of nitro benzene ring substituents is 1. The van der Waals surface area contributed by atoms with E-state index < -0.39 is 11.0 Å². The quantitative estimate of drug-likeness (QED) is 0.208. The van der Waals surface area contributed by atoms with Crippen molar-refractivity contribution in [1.82, 2.24) is 4.57 Å². The molecule has 0 spiro atoms. The Bertz CT molecular complexity index is 2100. The molecule has 6 rings (SSSR count). The fourth-order valence-electron chi connectivity index (χ4n) is 5.27. The molecule has 0 bridgehead atoms. The smallest absolute Gasteiger partial charge is 0.271 e. The number of carbonyl (C=O) groups is 1. The largest absolute Gasteiger partial charge is 0.496 e. The molecule has 41 heavy (non-hydrogen) atoms. The Balaban J connectivity index is 1.54. The molecule has 1 unspecified atom stereocenters. The number of aromatic nitrogens is 1. The van der Waals surface area contributed by atoms with Gasteiger partial charge in [-0.3, -0.25) is 24.3 Å². The number of furan rings is 1. The molecule has 0 fully saturated rings. The number of allylic oxidation sites excluding steroid dienone is 2. The summed E-state index contributed by atoms with van der Waals surface area (Å²) < 4.78 is 13.6. The minimum atomic E-state index is -0.746. The Morgan fingerprint density at radius 1 is 1.12 bits per heavy atom. The minimum Gasteiger partial charge on any atom is -0.496 e. The molecule has 0 aliphatic carbocycles. The van der Waals surface area contributed by atoms with E-state index in [1.54, 1.807) is 48.9 Å². The predicted molar refractivity (Wildman–Crippen MR) is 156 cm³/mol. The molecule has 0 amide bonds. The highest BCUT2D eigenvalue weighted by Crippen LogP contribution is 2.40. The van der Waals surface area contributed by atoms with Gasteiger partial charge in [-0.25, -0.2) is 4.99 Å². The van der Waals surface area contributed by atoms with Gasteiger partial charge in [0, 0.05) is 40.6 Å². The van der Waals surface area contributed by atoms with Crippen molar-refractivity contribution in [2.45, 2.75) is 19.9 Å². The summed E-state index contributed by atoms with van der Waals surface area (Å²) in [7, 11) is 1.57. The lowest BCUT2D eigenvalue weighted by atomic mass is 9.89. The van der Waals surface area contributed by atoms with Crippen LogP contribution in [0.3, 0.4) is 0 Å². The molecule has 0 N–H and O–H groups in total. The molecule has 3 aromatic carbocycles. The van der Waals surface area contributed by atoms with Crippen LogP contribution < -0.4 is 19.6 Å². The molecule has 1 aliphatic rings. The summed E-state index contributed by atoms with van der Waals surface area (Å²) in [4.78, 5) is 42.8. The Hall–Kier alpha value is -5.09. The van der Waals surface area contributed by atoms with Gasteiger partial charge in [-0.1, -0.05) is 53.8 Å². The van der Waals surface area contributed by atoms with E-state index in [4.69, 9.17) is 9.15 Å². The summed E-state index contributed by atoms with van der Waals surface area (Å²) in [6, 6.07) is 20.4. The van der Waals surface area contributed by atoms with Crippen molar-refractivity contribution in [3.05, 3.63) is 125 Å². The Kier molecular flexibility index (Phi) is 6.47. The summed E-state index contributed by atoms with van der Waals surface area (Å²) in [5, 5.41) is 13.0. The Labute approximate surface area is 237 Å². The van der Waals surface area contributed by atoms with Gasteiger partial charge in [-0.2, -0.15) is 0 Å². The first-order valence-corrected chi connectivity index (χ1v) is 13.5. The summed E-state index contributed by atoms with van der Waals surface area (Å²) in [5.41, 5.74) is 1.84. The third kappa shape index (κ3) is 4.48. The topological polar surface area (TPSA) is 117 Å². The van der Waals surface area contributed by atoms with E-state index in [-0.39, 0.29) is 17.0 Å². The van der Waals surface area contributed by atoms with Gasteiger partial charge in [0.25, 0.3) is 11.2 Å². The first kappa shape index (κ1) is 26.1. The highest BCUT2D eigenvalue weighted by molar-refractivity contribution is 7.07. The second-order valence-corrected chi connectivity index (χ2v) is 10.6. The third-order valence-electron chi connectivity index (χ3n) is 7.07. The van der Waals surface area contributed by atoms with Gasteiger partial charge >= 0.3 is 0 Å². The molecule has 1 aliphatic heterocycles. The lowest BCUT2D eigenvalue weighted by molar-refractivity contribution is -0.384. The average molecular weight is 566 g/mol. The average Bonchev–Trinajstić information content (AvgIpc) is 3.55. The number of methoxy groups -OCH3 is 1. The zero-order valence-electron chi connectivity index (χ0n) is 22.3. The Morgan fingerprint density at radius 3 is 2.68 bits per heavy atom. The van der Waals surface area contributed by atoms with Gasteiger partial charge in [0.1, 0.15) is 17.3 Å². The number of non-ortho nitro benzene ring substituents is 1. The molecule has 0 saturated heterocycles. The lowest BCUT2D eigenvalue weighted by Gasteiger charge is -2.27. The van der Waals surface area contributed by atoms with Crippen molar-refractivity contribution in [2.24, 2.45) is 4.99 Å². The van der Waals surface area contributed by atoms with Crippen LogP contribution >= 0.6 is 11.3 Å².